The second kappa shape index (κ2) is 4.29. The first-order valence-corrected chi connectivity index (χ1v) is 6.99. The van der Waals surface area contributed by atoms with Gasteiger partial charge in [0, 0.05) is 5.92 Å². The topological polar surface area (TPSA) is 26.3 Å². The summed E-state index contributed by atoms with van der Waals surface area (Å²) in [4.78, 5) is 12.0. The summed E-state index contributed by atoms with van der Waals surface area (Å²) in [6.07, 6.45) is 2.42. The first-order chi connectivity index (χ1) is 7.82. The molecule has 2 fully saturated rings. The molecule has 0 aromatic carbocycles. The molecule has 2 heteroatoms. The van der Waals surface area contributed by atoms with Gasteiger partial charge >= 0.3 is 5.97 Å². The largest absolute Gasteiger partial charge is 0.465 e. The molecule has 0 bridgehead atoms. The molecule has 1 saturated carbocycles. The minimum atomic E-state index is 0.0719. The third-order valence-electron chi connectivity index (χ3n) is 4.83. The van der Waals surface area contributed by atoms with Crippen molar-refractivity contribution in [3.8, 4) is 0 Å². The Balaban J connectivity index is 2.29. The summed E-state index contributed by atoms with van der Waals surface area (Å²) in [7, 11) is 0. The fourth-order valence-electron chi connectivity index (χ4n) is 4.04. The Morgan fingerprint density at radius 2 is 1.88 bits per heavy atom. The van der Waals surface area contributed by atoms with Gasteiger partial charge in [-0.2, -0.15) is 0 Å². The zero-order valence-electron chi connectivity index (χ0n) is 11.8. The molecule has 98 valence electrons. The third-order valence-corrected chi connectivity index (χ3v) is 4.83. The quantitative estimate of drug-likeness (QED) is 0.653. The number of carbonyl (C=O) groups is 1. The number of hydrogen-bond acceptors (Lipinski definition) is 2. The van der Waals surface area contributed by atoms with E-state index in [0.717, 1.165) is 0 Å². The van der Waals surface area contributed by atoms with Crippen molar-refractivity contribution in [2.75, 3.05) is 6.61 Å². The number of ether oxygens (including phenoxy) is 1. The van der Waals surface area contributed by atoms with E-state index in [9.17, 15) is 4.79 Å². The molecule has 1 aliphatic heterocycles. The first-order valence-electron chi connectivity index (χ1n) is 6.99. The van der Waals surface area contributed by atoms with Crippen molar-refractivity contribution in [2.45, 2.75) is 47.5 Å². The second-order valence-electron chi connectivity index (χ2n) is 7.29. The van der Waals surface area contributed by atoms with Crippen LogP contribution in [0, 0.1) is 35.0 Å². The van der Waals surface area contributed by atoms with Crippen molar-refractivity contribution in [1.82, 2.24) is 0 Å². The zero-order valence-corrected chi connectivity index (χ0v) is 11.8. The highest BCUT2D eigenvalue weighted by Crippen LogP contribution is 2.51. The monoisotopic (exact) mass is 238 g/mol. The molecule has 2 nitrogen and oxygen atoms in total. The summed E-state index contributed by atoms with van der Waals surface area (Å²) >= 11 is 0. The molecule has 0 N–H and O–H groups in total. The van der Waals surface area contributed by atoms with E-state index in [4.69, 9.17) is 4.74 Å². The fourth-order valence-corrected chi connectivity index (χ4v) is 4.04. The number of carbonyl (C=O) groups excluding carboxylic acids is 1. The van der Waals surface area contributed by atoms with Crippen LogP contribution < -0.4 is 0 Å². The summed E-state index contributed by atoms with van der Waals surface area (Å²) in [5, 5.41) is 0. The van der Waals surface area contributed by atoms with Gasteiger partial charge in [-0.25, -0.2) is 0 Å². The average Bonchev–Trinajstić information content (AvgIpc) is 2.58. The summed E-state index contributed by atoms with van der Waals surface area (Å²) in [5.74, 6) is 2.46. The zero-order chi connectivity index (χ0) is 12.8. The van der Waals surface area contributed by atoms with Gasteiger partial charge in [-0.1, -0.05) is 34.6 Å². The minimum Gasteiger partial charge on any atom is -0.465 e. The van der Waals surface area contributed by atoms with Crippen LogP contribution in [0.15, 0.2) is 0 Å². The molecule has 0 aromatic rings. The highest BCUT2D eigenvalue weighted by Gasteiger charge is 2.51. The maximum Gasteiger partial charge on any atom is 0.309 e. The third kappa shape index (κ3) is 2.23. The van der Waals surface area contributed by atoms with E-state index in [0.29, 0.717) is 35.7 Å². The van der Waals surface area contributed by atoms with Crippen molar-refractivity contribution in [3.63, 3.8) is 0 Å². The van der Waals surface area contributed by atoms with Gasteiger partial charge in [-0.05, 0) is 36.0 Å². The number of fused-ring (bicyclic) bond motifs is 1. The molecule has 1 heterocycles. The molecule has 4 atom stereocenters. The van der Waals surface area contributed by atoms with E-state index < -0.39 is 0 Å². The Labute approximate surface area is 105 Å². The molecule has 17 heavy (non-hydrogen) atoms. The molecule has 2 aliphatic rings. The van der Waals surface area contributed by atoms with Gasteiger partial charge < -0.3 is 4.74 Å². The maximum absolute atomic E-state index is 12.0. The first kappa shape index (κ1) is 12.9. The second-order valence-corrected chi connectivity index (χ2v) is 7.29. The van der Waals surface area contributed by atoms with E-state index in [-0.39, 0.29) is 11.9 Å². The van der Waals surface area contributed by atoms with Crippen LogP contribution in [0.3, 0.4) is 0 Å². The SMILES string of the molecule is CC(C)C1C2C(=O)OCC2CCC1C(C)(C)C. The lowest BCUT2D eigenvalue weighted by Gasteiger charge is -2.46. The smallest absolute Gasteiger partial charge is 0.309 e. The van der Waals surface area contributed by atoms with Crippen LogP contribution in [-0.2, 0) is 9.53 Å². The van der Waals surface area contributed by atoms with Crippen molar-refractivity contribution in [1.29, 1.82) is 0 Å². The molecular formula is C15H26O2. The number of esters is 1. The van der Waals surface area contributed by atoms with E-state index in [2.05, 4.69) is 34.6 Å². The molecule has 0 aromatic heterocycles. The molecule has 0 amide bonds. The van der Waals surface area contributed by atoms with E-state index in [1.54, 1.807) is 0 Å². The summed E-state index contributed by atoms with van der Waals surface area (Å²) in [6.45, 7) is 12.1. The summed E-state index contributed by atoms with van der Waals surface area (Å²) < 4.78 is 5.30. The highest BCUT2D eigenvalue weighted by molar-refractivity contribution is 5.75. The standard InChI is InChI=1S/C15H26O2/c1-9(2)12-11(15(3,4)5)7-6-10-8-17-14(16)13(10)12/h9-13H,6-8H2,1-5H3. The van der Waals surface area contributed by atoms with Gasteiger partial charge in [-0.3, -0.25) is 4.79 Å². The van der Waals surface area contributed by atoms with Crippen molar-refractivity contribution in [2.24, 2.45) is 35.0 Å². The van der Waals surface area contributed by atoms with Gasteiger partial charge in [-0.15, -0.1) is 0 Å². The van der Waals surface area contributed by atoms with Gasteiger partial charge in [0.05, 0.1) is 12.5 Å². The predicted molar refractivity (Wildman–Crippen MR) is 68.4 cm³/mol. The average molecular weight is 238 g/mol. The van der Waals surface area contributed by atoms with Crippen LogP contribution in [0.4, 0.5) is 0 Å². The van der Waals surface area contributed by atoms with Crippen molar-refractivity contribution < 1.29 is 9.53 Å². The van der Waals surface area contributed by atoms with Gasteiger partial charge in [0.25, 0.3) is 0 Å². The Kier molecular flexibility index (Phi) is 3.26. The molecule has 4 unspecified atom stereocenters. The molecule has 2 rings (SSSR count). The summed E-state index contributed by atoms with van der Waals surface area (Å²) in [5.41, 5.74) is 0.294. The van der Waals surface area contributed by atoms with Crippen LogP contribution >= 0.6 is 0 Å². The lowest BCUT2D eigenvalue weighted by atomic mass is 9.57. The van der Waals surface area contributed by atoms with Gasteiger partial charge in [0.15, 0.2) is 0 Å². The lowest BCUT2D eigenvalue weighted by Crippen LogP contribution is -2.43. The molecular weight excluding hydrogens is 212 g/mol. The van der Waals surface area contributed by atoms with Gasteiger partial charge in [0.2, 0.25) is 0 Å². The van der Waals surface area contributed by atoms with E-state index >= 15 is 0 Å². The molecule has 0 spiro atoms. The Morgan fingerprint density at radius 1 is 1.24 bits per heavy atom. The Bertz CT molecular complexity index is 301. The van der Waals surface area contributed by atoms with Crippen molar-refractivity contribution in [3.05, 3.63) is 0 Å². The number of rotatable bonds is 1. The molecule has 1 saturated heterocycles. The van der Waals surface area contributed by atoms with Crippen molar-refractivity contribution >= 4 is 5.97 Å². The Hall–Kier alpha value is -0.530. The maximum atomic E-state index is 12.0. The Morgan fingerprint density at radius 3 is 2.41 bits per heavy atom. The van der Waals surface area contributed by atoms with Gasteiger partial charge in [0.1, 0.15) is 0 Å². The van der Waals surface area contributed by atoms with Crippen LogP contribution in [0.1, 0.15) is 47.5 Å². The van der Waals surface area contributed by atoms with Crippen LogP contribution in [0.25, 0.3) is 0 Å². The van der Waals surface area contributed by atoms with Crippen LogP contribution in [0.5, 0.6) is 0 Å². The predicted octanol–water partition coefficient (Wildman–Crippen LogP) is 3.50. The molecule has 1 aliphatic carbocycles. The fraction of sp³-hybridized carbons (Fsp3) is 0.933. The molecule has 0 radical (unpaired) electrons. The highest BCUT2D eigenvalue weighted by atomic mass is 16.5. The lowest BCUT2D eigenvalue weighted by molar-refractivity contribution is -0.145. The van der Waals surface area contributed by atoms with E-state index in [1.807, 2.05) is 0 Å². The summed E-state index contributed by atoms with van der Waals surface area (Å²) in [6, 6.07) is 0. The van der Waals surface area contributed by atoms with E-state index in [1.165, 1.54) is 12.8 Å². The number of cyclic esters (lactones) is 1. The normalized spacial score (nSPS) is 38.1. The minimum absolute atomic E-state index is 0.0719. The number of hydrogen-bond donors (Lipinski definition) is 0. The van der Waals surface area contributed by atoms with Crippen LogP contribution in [-0.4, -0.2) is 12.6 Å². The van der Waals surface area contributed by atoms with Crippen LogP contribution in [0.2, 0.25) is 0 Å².